The van der Waals surface area contributed by atoms with E-state index in [2.05, 4.69) is 43.4 Å². The van der Waals surface area contributed by atoms with Crippen LogP contribution in [0.25, 0.3) is 0 Å². The molecule has 0 aliphatic rings. The molecule has 5 heteroatoms. The van der Waals surface area contributed by atoms with Crippen LogP contribution in [0.1, 0.15) is 31.4 Å². The van der Waals surface area contributed by atoms with E-state index in [4.69, 9.17) is 9.84 Å². The molecular formula is C17H25NO4. The molecule has 1 aromatic carbocycles. The lowest BCUT2D eigenvalue weighted by atomic mass is 10.0. The van der Waals surface area contributed by atoms with E-state index >= 15 is 0 Å². The van der Waals surface area contributed by atoms with E-state index in [-0.39, 0.29) is 19.1 Å². The van der Waals surface area contributed by atoms with Gasteiger partial charge in [-0.3, -0.25) is 4.79 Å². The summed E-state index contributed by atoms with van der Waals surface area (Å²) in [5.41, 5.74) is 2.46. The number of carbonyl (C=O) groups is 2. The fraction of sp³-hybridized carbons (Fsp3) is 0.529. The molecule has 0 aromatic heterocycles. The minimum absolute atomic E-state index is 0.0508. The first kappa shape index (κ1) is 18.2. The van der Waals surface area contributed by atoms with Gasteiger partial charge in [0.1, 0.15) is 6.61 Å². The molecule has 0 saturated carbocycles. The molecule has 0 unspecified atom stereocenters. The molecule has 5 nitrogen and oxygen atoms in total. The molecular weight excluding hydrogens is 282 g/mol. The first-order chi connectivity index (χ1) is 10.5. The summed E-state index contributed by atoms with van der Waals surface area (Å²) in [5, 5.41) is 11.1. The van der Waals surface area contributed by atoms with Crippen LogP contribution in [0.15, 0.2) is 24.3 Å². The van der Waals surface area contributed by atoms with Gasteiger partial charge >= 0.3 is 5.97 Å². The Bertz CT molecular complexity index is 468. The Hall–Kier alpha value is -1.88. The Kier molecular flexibility index (Phi) is 8.22. The van der Waals surface area contributed by atoms with Crippen LogP contribution in [0.4, 0.5) is 0 Å². The minimum atomic E-state index is -1.01. The molecule has 0 saturated heterocycles. The van der Waals surface area contributed by atoms with Crippen LogP contribution in [0.3, 0.4) is 0 Å². The fourth-order valence-corrected chi connectivity index (χ4v) is 2.08. The number of carbonyl (C=O) groups excluding carboxylic acids is 1. The topological polar surface area (TPSA) is 75.6 Å². The molecule has 0 bridgehead atoms. The van der Waals surface area contributed by atoms with Crippen LogP contribution in [0, 0.1) is 5.92 Å². The van der Waals surface area contributed by atoms with Crippen molar-refractivity contribution >= 4 is 11.9 Å². The number of nitrogens with one attached hydrogen (secondary N) is 1. The van der Waals surface area contributed by atoms with E-state index in [0.717, 1.165) is 12.0 Å². The summed E-state index contributed by atoms with van der Waals surface area (Å²) < 4.78 is 4.84. The van der Waals surface area contributed by atoms with Crippen molar-refractivity contribution in [1.82, 2.24) is 5.32 Å². The van der Waals surface area contributed by atoms with Crippen LogP contribution in [0.5, 0.6) is 0 Å². The summed E-state index contributed by atoms with van der Waals surface area (Å²) in [5.74, 6) is -0.419. The summed E-state index contributed by atoms with van der Waals surface area (Å²) in [6.07, 6.45) is 2.18. The average Bonchev–Trinajstić information content (AvgIpc) is 2.45. The number of amides is 1. The lowest BCUT2D eigenvalue weighted by Crippen LogP contribution is -2.28. The number of benzene rings is 1. The maximum Gasteiger partial charge on any atom is 0.329 e. The van der Waals surface area contributed by atoms with Crippen LogP contribution in [-0.4, -0.2) is 36.7 Å². The quantitative estimate of drug-likeness (QED) is 0.649. The second-order valence-corrected chi connectivity index (χ2v) is 5.71. The summed E-state index contributed by atoms with van der Waals surface area (Å²) in [4.78, 5) is 21.9. The number of aliphatic carboxylic acids is 1. The monoisotopic (exact) mass is 307 g/mol. The van der Waals surface area contributed by atoms with E-state index in [1.165, 1.54) is 5.56 Å². The zero-order valence-electron chi connectivity index (χ0n) is 13.3. The van der Waals surface area contributed by atoms with Crippen molar-refractivity contribution in [2.75, 3.05) is 19.8 Å². The average molecular weight is 307 g/mol. The van der Waals surface area contributed by atoms with E-state index in [0.29, 0.717) is 25.3 Å². The fourth-order valence-electron chi connectivity index (χ4n) is 2.08. The number of carboxylic acid groups (broad SMARTS) is 1. The van der Waals surface area contributed by atoms with Gasteiger partial charge in [0.05, 0.1) is 6.61 Å². The van der Waals surface area contributed by atoms with E-state index in [1.807, 2.05) is 0 Å². The molecule has 2 N–H and O–H groups in total. The maximum atomic E-state index is 11.6. The molecule has 0 aliphatic carbocycles. The maximum absolute atomic E-state index is 11.6. The molecule has 0 fully saturated rings. The zero-order valence-corrected chi connectivity index (χ0v) is 13.3. The largest absolute Gasteiger partial charge is 0.480 e. The number of aryl methyl sites for hydroxylation is 1. The van der Waals surface area contributed by atoms with Crippen LogP contribution in [0.2, 0.25) is 0 Å². The first-order valence-electron chi connectivity index (χ1n) is 7.61. The molecule has 1 amide bonds. The lowest BCUT2D eigenvalue weighted by molar-refractivity contribution is -0.142. The molecule has 1 aromatic rings. The van der Waals surface area contributed by atoms with E-state index < -0.39 is 5.97 Å². The van der Waals surface area contributed by atoms with Gasteiger partial charge in [-0.05, 0) is 29.9 Å². The molecule has 122 valence electrons. The van der Waals surface area contributed by atoms with E-state index in [9.17, 15) is 9.59 Å². The van der Waals surface area contributed by atoms with Crippen LogP contribution >= 0.6 is 0 Å². The third-order valence-electron chi connectivity index (χ3n) is 3.10. The minimum Gasteiger partial charge on any atom is -0.480 e. The van der Waals surface area contributed by atoms with Crippen molar-refractivity contribution in [2.24, 2.45) is 5.92 Å². The van der Waals surface area contributed by atoms with Crippen molar-refractivity contribution in [3.05, 3.63) is 35.4 Å². The van der Waals surface area contributed by atoms with Gasteiger partial charge in [0, 0.05) is 13.0 Å². The third kappa shape index (κ3) is 8.42. The molecule has 0 radical (unpaired) electrons. The molecule has 0 atom stereocenters. The van der Waals surface area contributed by atoms with Crippen LogP contribution < -0.4 is 5.32 Å². The number of ether oxygens (including phenoxy) is 1. The van der Waals surface area contributed by atoms with Gasteiger partial charge in [-0.1, -0.05) is 38.1 Å². The highest BCUT2D eigenvalue weighted by Crippen LogP contribution is 2.11. The van der Waals surface area contributed by atoms with Gasteiger partial charge in [-0.2, -0.15) is 0 Å². The van der Waals surface area contributed by atoms with Gasteiger partial charge in [0.15, 0.2) is 0 Å². The third-order valence-corrected chi connectivity index (χ3v) is 3.10. The smallest absolute Gasteiger partial charge is 0.329 e. The van der Waals surface area contributed by atoms with Crippen molar-refractivity contribution in [2.45, 2.75) is 33.1 Å². The standard InChI is InChI=1S/C17H25NO4/c1-13(2)11-15-5-3-14(4-6-15)7-8-16(19)18-9-10-22-12-17(20)21/h3-6,13H,7-12H2,1-2H3,(H,18,19)(H,20,21). The number of hydrogen-bond donors (Lipinski definition) is 2. The Morgan fingerprint density at radius 2 is 1.82 bits per heavy atom. The molecule has 22 heavy (non-hydrogen) atoms. The van der Waals surface area contributed by atoms with E-state index in [1.54, 1.807) is 0 Å². The first-order valence-corrected chi connectivity index (χ1v) is 7.61. The van der Waals surface area contributed by atoms with Gasteiger partial charge in [-0.25, -0.2) is 4.79 Å². The van der Waals surface area contributed by atoms with Gasteiger partial charge in [0.25, 0.3) is 0 Å². The molecule has 0 aliphatic heterocycles. The number of hydrogen-bond acceptors (Lipinski definition) is 3. The SMILES string of the molecule is CC(C)Cc1ccc(CCC(=O)NCCOCC(=O)O)cc1. The summed E-state index contributed by atoms with van der Waals surface area (Å²) in [6.45, 7) is 4.59. The highest BCUT2D eigenvalue weighted by molar-refractivity contribution is 5.76. The summed E-state index contributed by atoms with van der Waals surface area (Å²) in [6, 6.07) is 8.38. The Morgan fingerprint density at radius 3 is 2.41 bits per heavy atom. The molecule has 1 rings (SSSR count). The second kappa shape index (κ2) is 9.95. The lowest BCUT2D eigenvalue weighted by Gasteiger charge is -2.07. The van der Waals surface area contributed by atoms with Crippen molar-refractivity contribution in [3.63, 3.8) is 0 Å². The highest BCUT2D eigenvalue weighted by atomic mass is 16.5. The van der Waals surface area contributed by atoms with Crippen molar-refractivity contribution in [3.8, 4) is 0 Å². The Morgan fingerprint density at radius 1 is 1.18 bits per heavy atom. The van der Waals surface area contributed by atoms with Gasteiger partial charge < -0.3 is 15.2 Å². The molecule has 0 spiro atoms. The van der Waals surface area contributed by atoms with Gasteiger partial charge in [-0.15, -0.1) is 0 Å². The highest BCUT2D eigenvalue weighted by Gasteiger charge is 2.03. The predicted molar refractivity (Wildman–Crippen MR) is 84.8 cm³/mol. The number of rotatable bonds is 10. The molecule has 0 heterocycles. The summed E-state index contributed by atoms with van der Waals surface area (Å²) in [7, 11) is 0. The van der Waals surface area contributed by atoms with Gasteiger partial charge in [0.2, 0.25) is 5.91 Å². The van der Waals surface area contributed by atoms with Crippen molar-refractivity contribution < 1.29 is 19.4 Å². The van der Waals surface area contributed by atoms with Crippen LogP contribution in [-0.2, 0) is 27.2 Å². The van der Waals surface area contributed by atoms with Crippen molar-refractivity contribution in [1.29, 1.82) is 0 Å². The zero-order chi connectivity index (χ0) is 16.4. The number of carboxylic acids is 1. The Labute approximate surface area is 131 Å². The predicted octanol–water partition coefficient (Wildman–Crippen LogP) is 2.04. The summed E-state index contributed by atoms with van der Waals surface area (Å²) >= 11 is 0. The Balaban J connectivity index is 2.19. The second-order valence-electron chi connectivity index (χ2n) is 5.71. The normalized spacial score (nSPS) is 10.7.